The Morgan fingerprint density at radius 3 is 2.62 bits per heavy atom. The van der Waals surface area contributed by atoms with Crippen molar-refractivity contribution in [3.05, 3.63) is 83.6 Å². The molecule has 2 aromatic carbocycles. The smallest absolute Gasteiger partial charge is 0.178 e. The Balaban J connectivity index is 1.14. The fourth-order valence-electron chi connectivity index (χ4n) is 8.71. The zero-order valence-electron chi connectivity index (χ0n) is 28.4. The molecule has 8 heteroatoms. The highest BCUT2D eigenvalue weighted by Crippen LogP contribution is 2.61. The summed E-state index contributed by atoms with van der Waals surface area (Å²) in [5.41, 5.74) is 2.16. The number of carbonyl (C=O) groups excluding carboxylic acids is 2. The molecule has 0 amide bonds. The normalized spacial score (nSPS) is 26.9. The molecule has 2 saturated carbocycles. The third-order valence-electron chi connectivity index (χ3n) is 11.4. The molecule has 3 aromatic rings. The maximum absolute atomic E-state index is 14.1. The molecule has 2 heterocycles. The van der Waals surface area contributed by atoms with E-state index in [1.54, 1.807) is 0 Å². The highest BCUT2D eigenvalue weighted by Gasteiger charge is 2.64. The van der Waals surface area contributed by atoms with E-state index in [0.29, 0.717) is 32.5 Å². The SMILES string of the molecule is CCNc1cccnc1N1CCN(CC(=O)[C@@]2(O)CCC3C(C(C)c4cc(OCc5ccccc5)ccc4C)CC(=O)CC32C)CC1. The van der Waals surface area contributed by atoms with Gasteiger partial charge in [0, 0.05) is 57.2 Å². The van der Waals surface area contributed by atoms with E-state index in [-0.39, 0.29) is 42.3 Å². The van der Waals surface area contributed by atoms with Crippen LogP contribution in [0, 0.1) is 24.2 Å². The average molecular weight is 639 g/mol. The number of Topliss-reactive ketones (excluding diaryl/α,β-unsaturated/α-hetero) is 2. The number of hydrogen-bond acceptors (Lipinski definition) is 8. The lowest BCUT2D eigenvalue weighted by Crippen LogP contribution is -2.59. The van der Waals surface area contributed by atoms with E-state index in [9.17, 15) is 14.7 Å². The van der Waals surface area contributed by atoms with Crippen LogP contribution in [0.4, 0.5) is 11.5 Å². The van der Waals surface area contributed by atoms with Gasteiger partial charge in [0.25, 0.3) is 0 Å². The van der Waals surface area contributed by atoms with Crippen LogP contribution in [0.2, 0.25) is 0 Å². The summed E-state index contributed by atoms with van der Waals surface area (Å²) in [6, 6.07) is 20.3. The first-order valence-corrected chi connectivity index (χ1v) is 17.3. The third-order valence-corrected chi connectivity index (χ3v) is 11.4. The van der Waals surface area contributed by atoms with E-state index in [0.717, 1.165) is 54.4 Å². The molecule has 2 aliphatic carbocycles. The highest BCUT2D eigenvalue weighted by atomic mass is 16.5. The van der Waals surface area contributed by atoms with Gasteiger partial charge in [0.1, 0.15) is 23.7 Å². The molecule has 4 unspecified atom stereocenters. The Labute approximate surface area is 279 Å². The van der Waals surface area contributed by atoms with E-state index >= 15 is 0 Å². The van der Waals surface area contributed by atoms with Crippen molar-refractivity contribution in [2.45, 2.75) is 71.5 Å². The van der Waals surface area contributed by atoms with Gasteiger partial charge >= 0.3 is 0 Å². The maximum atomic E-state index is 14.1. The number of ketones is 2. The number of aromatic nitrogens is 1. The molecule has 6 rings (SSSR count). The first-order chi connectivity index (χ1) is 22.6. The summed E-state index contributed by atoms with van der Waals surface area (Å²) in [5.74, 6) is 1.94. The second kappa shape index (κ2) is 13.8. The van der Waals surface area contributed by atoms with E-state index < -0.39 is 11.0 Å². The number of fused-ring (bicyclic) bond motifs is 1. The van der Waals surface area contributed by atoms with Gasteiger partial charge in [0.05, 0.1) is 12.2 Å². The molecule has 0 spiro atoms. The molecule has 3 fully saturated rings. The van der Waals surface area contributed by atoms with Crippen LogP contribution in [-0.4, -0.2) is 71.4 Å². The maximum Gasteiger partial charge on any atom is 0.178 e. The van der Waals surface area contributed by atoms with E-state index in [4.69, 9.17) is 4.74 Å². The number of aliphatic hydroxyl groups is 1. The van der Waals surface area contributed by atoms with Crippen molar-refractivity contribution in [1.82, 2.24) is 9.88 Å². The Hall–Kier alpha value is -3.75. The lowest BCUT2D eigenvalue weighted by Gasteiger charge is -2.49. The Morgan fingerprint density at radius 2 is 1.87 bits per heavy atom. The molecule has 0 radical (unpaired) electrons. The van der Waals surface area contributed by atoms with E-state index in [1.807, 2.05) is 49.5 Å². The molecule has 1 aromatic heterocycles. The number of carbonyl (C=O) groups is 2. The minimum atomic E-state index is -1.52. The summed E-state index contributed by atoms with van der Waals surface area (Å²) in [6.07, 6.45) is 3.69. The third kappa shape index (κ3) is 6.55. The van der Waals surface area contributed by atoms with Gasteiger partial charge in [-0.1, -0.05) is 50.2 Å². The minimum absolute atomic E-state index is 0.0407. The van der Waals surface area contributed by atoms with Crippen LogP contribution in [0.25, 0.3) is 0 Å². The van der Waals surface area contributed by atoms with Gasteiger partial charge in [-0.05, 0) is 85.4 Å². The summed E-state index contributed by atoms with van der Waals surface area (Å²) in [4.78, 5) is 36.5. The van der Waals surface area contributed by atoms with E-state index in [1.165, 1.54) is 5.56 Å². The number of aryl methyl sites for hydroxylation is 1. The molecule has 3 aliphatic rings. The van der Waals surface area contributed by atoms with Crippen LogP contribution in [0.5, 0.6) is 5.75 Å². The van der Waals surface area contributed by atoms with Gasteiger partial charge < -0.3 is 20.1 Å². The summed E-state index contributed by atoms with van der Waals surface area (Å²) in [6.45, 7) is 12.8. The van der Waals surface area contributed by atoms with Gasteiger partial charge in [-0.25, -0.2) is 4.98 Å². The van der Waals surface area contributed by atoms with Gasteiger partial charge in [-0.3, -0.25) is 14.5 Å². The second-order valence-electron chi connectivity index (χ2n) is 14.2. The number of nitrogens with one attached hydrogen (secondary N) is 1. The summed E-state index contributed by atoms with van der Waals surface area (Å²) < 4.78 is 6.17. The lowest BCUT2D eigenvalue weighted by molar-refractivity contribution is -0.160. The van der Waals surface area contributed by atoms with Crippen molar-refractivity contribution in [1.29, 1.82) is 0 Å². The van der Waals surface area contributed by atoms with Crippen LogP contribution in [0.15, 0.2) is 66.9 Å². The van der Waals surface area contributed by atoms with Crippen molar-refractivity contribution >= 4 is 23.1 Å². The predicted octanol–water partition coefficient (Wildman–Crippen LogP) is 6.02. The Kier molecular flexibility index (Phi) is 9.72. The van der Waals surface area contributed by atoms with Crippen molar-refractivity contribution < 1.29 is 19.4 Å². The number of hydrogen-bond donors (Lipinski definition) is 2. The molecule has 47 heavy (non-hydrogen) atoms. The summed E-state index contributed by atoms with van der Waals surface area (Å²) >= 11 is 0. The quantitative estimate of drug-likeness (QED) is 0.263. The Morgan fingerprint density at radius 1 is 1.11 bits per heavy atom. The Bertz CT molecular complexity index is 1570. The number of benzene rings is 2. The zero-order chi connectivity index (χ0) is 33.2. The first kappa shape index (κ1) is 33.2. The molecular weight excluding hydrogens is 588 g/mol. The van der Waals surface area contributed by atoms with Crippen LogP contribution < -0.4 is 15.0 Å². The number of anilines is 2. The summed E-state index contributed by atoms with van der Waals surface area (Å²) in [5, 5.41) is 15.7. The van der Waals surface area contributed by atoms with Crippen LogP contribution in [0.1, 0.15) is 69.1 Å². The number of ether oxygens (including phenoxy) is 1. The van der Waals surface area contributed by atoms with Crippen LogP contribution in [0.3, 0.4) is 0 Å². The molecule has 8 nitrogen and oxygen atoms in total. The first-order valence-electron chi connectivity index (χ1n) is 17.3. The van der Waals surface area contributed by atoms with Crippen LogP contribution >= 0.6 is 0 Å². The fraction of sp³-hybridized carbons (Fsp3) is 0.513. The average Bonchev–Trinajstić information content (AvgIpc) is 3.35. The predicted molar refractivity (Wildman–Crippen MR) is 186 cm³/mol. The number of pyridine rings is 1. The minimum Gasteiger partial charge on any atom is -0.489 e. The number of rotatable bonds is 11. The van der Waals surface area contributed by atoms with Crippen molar-refractivity contribution in [3.63, 3.8) is 0 Å². The highest BCUT2D eigenvalue weighted by molar-refractivity contribution is 5.92. The molecule has 0 bridgehead atoms. The van der Waals surface area contributed by atoms with Gasteiger partial charge in [-0.2, -0.15) is 0 Å². The monoisotopic (exact) mass is 638 g/mol. The molecule has 250 valence electrons. The molecule has 1 aliphatic heterocycles. The number of piperazine rings is 1. The topological polar surface area (TPSA) is 95.0 Å². The lowest BCUT2D eigenvalue weighted by atomic mass is 9.56. The molecule has 2 N–H and O–H groups in total. The van der Waals surface area contributed by atoms with Gasteiger partial charge in [0.2, 0.25) is 0 Å². The standard InChI is InChI=1S/C39H50N4O4/c1-5-40-35-12-9-17-41-37(35)43-20-18-42(19-21-43)25-36(45)39(46)16-15-34-33(22-30(44)24-38(34,39)4)28(3)32-23-31(14-13-27(32)2)47-26-29-10-7-6-8-11-29/h6-14,17,23,28,33-34,40,46H,5,15-16,18-22,24-26H2,1-4H3/t28?,33?,34?,38?,39-/m0/s1. The fourth-order valence-corrected chi connectivity index (χ4v) is 8.71. The zero-order valence-corrected chi connectivity index (χ0v) is 28.4. The van der Waals surface area contributed by atoms with Gasteiger partial charge in [0.15, 0.2) is 11.6 Å². The van der Waals surface area contributed by atoms with E-state index in [2.05, 4.69) is 65.1 Å². The molecular formula is C39H50N4O4. The van der Waals surface area contributed by atoms with Crippen LogP contribution in [-0.2, 0) is 16.2 Å². The largest absolute Gasteiger partial charge is 0.489 e. The van der Waals surface area contributed by atoms with Gasteiger partial charge in [-0.15, -0.1) is 0 Å². The summed E-state index contributed by atoms with van der Waals surface area (Å²) in [7, 11) is 0. The second-order valence-corrected chi connectivity index (χ2v) is 14.2. The van der Waals surface area contributed by atoms with Crippen molar-refractivity contribution in [2.24, 2.45) is 17.3 Å². The number of nitrogens with zero attached hydrogens (tertiary/aromatic N) is 3. The van der Waals surface area contributed by atoms with Crippen molar-refractivity contribution in [3.8, 4) is 5.75 Å². The van der Waals surface area contributed by atoms with Crippen molar-refractivity contribution in [2.75, 3.05) is 49.5 Å². The molecule has 1 saturated heterocycles. The molecule has 5 atom stereocenters.